The Morgan fingerprint density at radius 3 is 3.05 bits per heavy atom. The van der Waals surface area contributed by atoms with E-state index in [9.17, 15) is 4.79 Å². The van der Waals surface area contributed by atoms with Crippen molar-refractivity contribution in [3.63, 3.8) is 0 Å². The van der Waals surface area contributed by atoms with E-state index in [-0.39, 0.29) is 11.8 Å². The Hall–Kier alpha value is -1.88. The maximum Gasteiger partial charge on any atom is 0.222 e. The SMILES string of the molecule is CC(CCN)C(=O)NCCCn1cnc2ccccc21. The number of aromatic nitrogens is 2. The van der Waals surface area contributed by atoms with Crippen molar-refractivity contribution in [1.82, 2.24) is 14.9 Å². The van der Waals surface area contributed by atoms with Crippen LogP contribution in [0.3, 0.4) is 0 Å². The lowest BCUT2D eigenvalue weighted by molar-refractivity contribution is -0.124. The summed E-state index contributed by atoms with van der Waals surface area (Å²) in [5, 5.41) is 2.95. The van der Waals surface area contributed by atoms with Crippen molar-refractivity contribution >= 4 is 16.9 Å². The molecule has 3 N–H and O–H groups in total. The molecule has 0 saturated carbocycles. The first-order valence-electron chi connectivity index (χ1n) is 7.10. The molecular weight excluding hydrogens is 252 g/mol. The lowest BCUT2D eigenvalue weighted by atomic mass is 10.1. The van der Waals surface area contributed by atoms with Gasteiger partial charge in [0.1, 0.15) is 0 Å². The zero-order valence-electron chi connectivity index (χ0n) is 11.9. The van der Waals surface area contributed by atoms with Crippen LogP contribution in [0.5, 0.6) is 0 Å². The summed E-state index contributed by atoms with van der Waals surface area (Å²) in [6.07, 6.45) is 3.48. The minimum absolute atomic E-state index is 0.00549. The molecule has 1 atom stereocenters. The summed E-state index contributed by atoms with van der Waals surface area (Å²) in [5.41, 5.74) is 7.59. The fraction of sp³-hybridized carbons (Fsp3) is 0.467. The highest BCUT2D eigenvalue weighted by atomic mass is 16.1. The summed E-state index contributed by atoms with van der Waals surface area (Å²) in [6, 6.07) is 8.06. The first kappa shape index (κ1) is 14.5. The molecule has 0 aliphatic rings. The van der Waals surface area contributed by atoms with Crippen molar-refractivity contribution in [2.75, 3.05) is 13.1 Å². The molecule has 0 aliphatic heterocycles. The molecule has 5 nitrogen and oxygen atoms in total. The maximum absolute atomic E-state index is 11.7. The van der Waals surface area contributed by atoms with E-state index in [1.807, 2.05) is 31.5 Å². The topological polar surface area (TPSA) is 72.9 Å². The zero-order chi connectivity index (χ0) is 14.4. The predicted molar refractivity (Wildman–Crippen MR) is 80.2 cm³/mol. The van der Waals surface area contributed by atoms with Gasteiger partial charge in [-0.15, -0.1) is 0 Å². The van der Waals surface area contributed by atoms with E-state index in [0.717, 1.165) is 30.4 Å². The molecule has 2 aromatic rings. The number of hydrogen-bond acceptors (Lipinski definition) is 3. The summed E-state index contributed by atoms with van der Waals surface area (Å²) in [5.74, 6) is 0.0833. The van der Waals surface area contributed by atoms with Crippen molar-refractivity contribution < 1.29 is 4.79 Å². The van der Waals surface area contributed by atoms with Gasteiger partial charge in [0.05, 0.1) is 17.4 Å². The number of carbonyl (C=O) groups excluding carboxylic acids is 1. The van der Waals surface area contributed by atoms with Gasteiger partial charge in [-0.2, -0.15) is 0 Å². The van der Waals surface area contributed by atoms with Crippen LogP contribution < -0.4 is 11.1 Å². The second-order valence-electron chi connectivity index (χ2n) is 5.05. The second-order valence-corrected chi connectivity index (χ2v) is 5.05. The number of fused-ring (bicyclic) bond motifs is 1. The predicted octanol–water partition coefficient (Wildman–Crippen LogP) is 1.53. The highest BCUT2D eigenvalue weighted by Gasteiger charge is 2.10. The van der Waals surface area contributed by atoms with E-state index in [4.69, 9.17) is 5.73 Å². The van der Waals surface area contributed by atoms with Crippen molar-refractivity contribution in [3.8, 4) is 0 Å². The summed E-state index contributed by atoms with van der Waals surface area (Å²) in [7, 11) is 0. The third-order valence-electron chi connectivity index (χ3n) is 3.45. The molecule has 0 saturated heterocycles. The van der Waals surface area contributed by atoms with E-state index < -0.39 is 0 Å². The van der Waals surface area contributed by atoms with Gasteiger partial charge in [0, 0.05) is 19.0 Å². The molecule has 1 aromatic heterocycles. The van der Waals surface area contributed by atoms with Gasteiger partial charge in [-0.05, 0) is 31.5 Å². The fourth-order valence-corrected chi connectivity index (χ4v) is 2.20. The summed E-state index contributed by atoms with van der Waals surface area (Å²) in [4.78, 5) is 16.1. The molecular formula is C15H22N4O. The summed E-state index contributed by atoms with van der Waals surface area (Å²) >= 11 is 0. The Bertz CT molecular complexity index is 564. The molecule has 2 rings (SSSR count). The standard InChI is InChI=1S/C15H22N4O/c1-12(7-8-16)15(20)17-9-4-10-19-11-18-13-5-2-3-6-14(13)19/h2-3,5-6,11-12H,4,7-10,16H2,1H3,(H,17,20). The number of aryl methyl sites for hydroxylation is 1. The quantitative estimate of drug-likeness (QED) is 0.752. The van der Waals surface area contributed by atoms with E-state index in [1.165, 1.54) is 0 Å². The molecule has 1 aromatic carbocycles. The van der Waals surface area contributed by atoms with Crippen LogP contribution in [0, 0.1) is 5.92 Å². The number of rotatable bonds is 7. The molecule has 0 fully saturated rings. The molecule has 108 valence electrons. The third-order valence-corrected chi connectivity index (χ3v) is 3.45. The Kier molecular flexibility index (Phi) is 5.12. The lowest BCUT2D eigenvalue weighted by Gasteiger charge is -2.11. The normalized spacial score (nSPS) is 12.5. The Balaban J connectivity index is 1.77. The Morgan fingerprint density at radius 2 is 2.25 bits per heavy atom. The molecule has 0 bridgehead atoms. The number of hydrogen-bond donors (Lipinski definition) is 2. The van der Waals surface area contributed by atoms with Gasteiger partial charge in [0.15, 0.2) is 0 Å². The molecule has 0 aliphatic carbocycles. The largest absolute Gasteiger partial charge is 0.356 e. The summed E-state index contributed by atoms with van der Waals surface area (Å²) in [6.45, 7) is 3.99. The van der Waals surface area contributed by atoms with Gasteiger partial charge >= 0.3 is 0 Å². The van der Waals surface area contributed by atoms with Gasteiger partial charge in [-0.25, -0.2) is 4.98 Å². The minimum atomic E-state index is -0.00549. The number of benzene rings is 1. The van der Waals surface area contributed by atoms with Crippen molar-refractivity contribution in [1.29, 1.82) is 0 Å². The number of imidazole rings is 1. The van der Waals surface area contributed by atoms with Crippen LogP contribution in [0.1, 0.15) is 19.8 Å². The molecule has 0 spiro atoms. The Labute approximate surface area is 119 Å². The molecule has 1 amide bonds. The zero-order valence-corrected chi connectivity index (χ0v) is 11.9. The van der Waals surface area contributed by atoms with Crippen molar-refractivity contribution in [2.24, 2.45) is 11.7 Å². The number of para-hydroxylation sites is 2. The van der Waals surface area contributed by atoms with Crippen LogP contribution >= 0.6 is 0 Å². The number of carbonyl (C=O) groups is 1. The monoisotopic (exact) mass is 274 g/mol. The highest BCUT2D eigenvalue weighted by Crippen LogP contribution is 2.11. The van der Waals surface area contributed by atoms with Crippen LogP contribution in [0.2, 0.25) is 0 Å². The van der Waals surface area contributed by atoms with Crippen LogP contribution in [0.4, 0.5) is 0 Å². The van der Waals surface area contributed by atoms with E-state index in [2.05, 4.69) is 20.9 Å². The number of nitrogens with two attached hydrogens (primary N) is 1. The van der Waals surface area contributed by atoms with Crippen LogP contribution in [-0.4, -0.2) is 28.5 Å². The van der Waals surface area contributed by atoms with Gasteiger partial charge < -0.3 is 15.6 Å². The number of nitrogens with zero attached hydrogens (tertiary/aromatic N) is 2. The average molecular weight is 274 g/mol. The van der Waals surface area contributed by atoms with Gasteiger partial charge in [-0.3, -0.25) is 4.79 Å². The van der Waals surface area contributed by atoms with Gasteiger partial charge in [0.25, 0.3) is 0 Å². The van der Waals surface area contributed by atoms with E-state index in [0.29, 0.717) is 13.1 Å². The maximum atomic E-state index is 11.7. The van der Waals surface area contributed by atoms with E-state index >= 15 is 0 Å². The number of nitrogens with one attached hydrogen (secondary N) is 1. The van der Waals surface area contributed by atoms with Gasteiger partial charge in [-0.1, -0.05) is 19.1 Å². The van der Waals surface area contributed by atoms with Crippen LogP contribution in [0.25, 0.3) is 11.0 Å². The first-order valence-corrected chi connectivity index (χ1v) is 7.10. The van der Waals surface area contributed by atoms with Crippen LogP contribution in [-0.2, 0) is 11.3 Å². The molecule has 5 heteroatoms. The Morgan fingerprint density at radius 1 is 1.45 bits per heavy atom. The summed E-state index contributed by atoms with van der Waals surface area (Å²) < 4.78 is 2.12. The average Bonchev–Trinajstić information content (AvgIpc) is 2.87. The molecule has 1 unspecified atom stereocenters. The first-order chi connectivity index (χ1) is 9.72. The van der Waals surface area contributed by atoms with Crippen molar-refractivity contribution in [2.45, 2.75) is 26.3 Å². The fourth-order valence-electron chi connectivity index (χ4n) is 2.20. The molecule has 0 radical (unpaired) electrons. The van der Waals surface area contributed by atoms with E-state index in [1.54, 1.807) is 0 Å². The smallest absolute Gasteiger partial charge is 0.222 e. The lowest BCUT2D eigenvalue weighted by Crippen LogP contribution is -2.31. The molecule has 1 heterocycles. The van der Waals surface area contributed by atoms with Crippen molar-refractivity contribution in [3.05, 3.63) is 30.6 Å². The highest BCUT2D eigenvalue weighted by molar-refractivity contribution is 5.78. The van der Waals surface area contributed by atoms with Crippen LogP contribution in [0.15, 0.2) is 30.6 Å². The minimum Gasteiger partial charge on any atom is -0.356 e. The second kappa shape index (κ2) is 7.05. The molecule has 20 heavy (non-hydrogen) atoms. The third kappa shape index (κ3) is 3.57. The van der Waals surface area contributed by atoms with Gasteiger partial charge in [0.2, 0.25) is 5.91 Å². The number of amides is 1.